The van der Waals surface area contributed by atoms with Crippen LogP contribution in [0.2, 0.25) is 0 Å². The highest BCUT2D eigenvalue weighted by atomic mass is 32.1. The van der Waals surface area contributed by atoms with Crippen LogP contribution in [0, 0.1) is 5.92 Å². The first-order chi connectivity index (χ1) is 5.93. The van der Waals surface area contributed by atoms with E-state index in [0.717, 1.165) is 6.42 Å². The van der Waals surface area contributed by atoms with Crippen molar-refractivity contribution in [3.05, 3.63) is 0 Å². The maximum absolute atomic E-state index is 11.2. The van der Waals surface area contributed by atoms with Gasteiger partial charge >= 0.3 is 0 Å². The summed E-state index contributed by atoms with van der Waals surface area (Å²) in [4.78, 5) is 11.6. The van der Waals surface area contributed by atoms with Gasteiger partial charge < -0.3 is 11.1 Å². The van der Waals surface area contributed by atoms with Crippen LogP contribution in [0.5, 0.6) is 0 Å². The van der Waals surface area contributed by atoms with E-state index in [9.17, 15) is 4.79 Å². The van der Waals surface area contributed by atoms with Crippen LogP contribution in [0.1, 0.15) is 33.6 Å². The number of hydrogen-bond acceptors (Lipinski definition) is 2. The number of nitrogens with one attached hydrogen (secondary N) is 1. The second-order valence-electron chi connectivity index (χ2n) is 3.62. The Labute approximate surface area is 85.1 Å². The Balaban J connectivity index is 3.68. The molecule has 0 rings (SSSR count). The zero-order chi connectivity index (χ0) is 10.4. The molecule has 0 aromatic rings. The van der Waals surface area contributed by atoms with Gasteiger partial charge in [-0.3, -0.25) is 4.79 Å². The zero-order valence-corrected chi connectivity index (χ0v) is 9.28. The summed E-state index contributed by atoms with van der Waals surface area (Å²) in [6.45, 7) is 5.96. The monoisotopic (exact) mass is 202 g/mol. The van der Waals surface area contributed by atoms with E-state index < -0.39 is 0 Å². The summed E-state index contributed by atoms with van der Waals surface area (Å²) in [6, 6.07) is -0.199. The standard InChI is InChI=1S/C9H18N2OS/c1-6(2)4-5-8(12)11-7(3)9(10)13/h6-7H,4-5H2,1-3H3,(H2,10,13)(H,11,12). The molecule has 1 atom stereocenters. The topological polar surface area (TPSA) is 55.1 Å². The van der Waals surface area contributed by atoms with Crippen molar-refractivity contribution in [3.8, 4) is 0 Å². The van der Waals surface area contributed by atoms with E-state index in [-0.39, 0.29) is 11.9 Å². The fraction of sp³-hybridized carbons (Fsp3) is 0.778. The molecule has 1 amide bonds. The predicted molar refractivity (Wildman–Crippen MR) is 58.5 cm³/mol. The Morgan fingerprint density at radius 2 is 2.00 bits per heavy atom. The summed E-state index contributed by atoms with van der Waals surface area (Å²) >= 11 is 4.74. The van der Waals surface area contributed by atoms with E-state index in [4.69, 9.17) is 18.0 Å². The molecular formula is C9H18N2OS. The summed E-state index contributed by atoms with van der Waals surface area (Å²) in [7, 11) is 0. The Kier molecular flexibility index (Phi) is 5.62. The van der Waals surface area contributed by atoms with Gasteiger partial charge in [-0.2, -0.15) is 0 Å². The summed E-state index contributed by atoms with van der Waals surface area (Å²) < 4.78 is 0. The highest BCUT2D eigenvalue weighted by Gasteiger charge is 2.09. The maximum atomic E-state index is 11.2. The van der Waals surface area contributed by atoms with Crippen molar-refractivity contribution in [1.29, 1.82) is 0 Å². The number of hydrogen-bond donors (Lipinski definition) is 2. The largest absolute Gasteiger partial charge is 0.392 e. The molecular weight excluding hydrogens is 184 g/mol. The van der Waals surface area contributed by atoms with Crippen LogP contribution in [-0.2, 0) is 4.79 Å². The van der Waals surface area contributed by atoms with Crippen LogP contribution in [-0.4, -0.2) is 16.9 Å². The van der Waals surface area contributed by atoms with Gasteiger partial charge in [-0.25, -0.2) is 0 Å². The lowest BCUT2D eigenvalue weighted by Crippen LogP contribution is -2.41. The molecule has 0 saturated carbocycles. The van der Waals surface area contributed by atoms with Crippen LogP contribution >= 0.6 is 12.2 Å². The van der Waals surface area contributed by atoms with Crippen LogP contribution in [0.4, 0.5) is 0 Å². The fourth-order valence-electron chi connectivity index (χ4n) is 0.805. The average Bonchev–Trinajstić information content (AvgIpc) is 2.00. The van der Waals surface area contributed by atoms with Gasteiger partial charge in [0, 0.05) is 6.42 Å². The highest BCUT2D eigenvalue weighted by Crippen LogP contribution is 2.02. The number of carbonyl (C=O) groups is 1. The van der Waals surface area contributed by atoms with Crippen molar-refractivity contribution in [3.63, 3.8) is 0 Å². The number of rotatable bonds is 5. The predicted octanol–water partition coefficient (Wildman–Crippen LogP) is 1.21. The first kappa shape index (κ1) is 12.4. The minimum absolute atomic E-state index is 0.0222. The molecule has 0 aliphatic heterocycles. The molecule has 0 fully saturated rings. The second kappa shape index (κ2) is 5.91. The lowest BCUT2D eigenvalue weighted by molar-refractivity contribution is -0.121. The normalized spacial score (nSPS) is 12.6. The van der Waals surface area contributed by atoms with Gasteiger partial charge in [0.25, 0.3) is 0 Å². The molecule has 13 heavy (non-hydrogen) atoms. The Hall–Kier alpha value is -0.640. The Morgan fingerprint density at radius 1 is 1.46 bits per heavy atom. The van der Waals surface area contributed by atoms with E-state index in [1.165, 1.54) is 0 Å². The fourth-order valence-corrected chi connectivity index (χ4v) is 0.863. The molecule has 0 saturated heterocycles. The minimum Gasteiger partial charge on any atom is -0.392 e. The molecule has 0 aliphatic rings. The van der Waals surface area contributed by atoms with Gasteiger partial charge in [-0.1, -0.05) is 26.1 Å². The molecule has 0 aromatic heterocycles. The molecule has 3 nitrogen and oxygen atoms in total. The van der Waals surface area contributed by atoms with Crippen molar-refractivity contribution < 1.29 is 4.79 Å². The molecule has 0 aromatic carbocycles. The number of thiocarbonyl (C=S) groups is 1. The third kappa shape index (κ3) is 6.51. The van der Waals surface area contributed by atoms with Gasteiger partial charge in [0.1, 0.15) is 0 Å². The summed E-state index contributed by atoms with van der Waals surface area (Å²) in [6.07, 6.45) is 1.44. The van der Waals surface area contributed by atoms with E-state index in [2.05, 4.69) is 19.2 Å². The zero-order valence-electron chi connectivity index (χ0n) is 8.46. The summed E-state index contributed by atoms with van der Waals surface area (Å²) in [5.74, 6) is 0.569. The lowest BCUT2D eigenvalue weighted by Gasteiger charge is -2.12. The van der Waals surface area contributed by atoms with Crippen LogP contribution < -0.4 is 11.1 Å². The SMILES string of the molecule is CC(C)CCC(=O)NC(C)C(N)=S. The maximum Gasteiger partial charge on any atom is 0.220 e. The number of amides is 1. The second-order valence-corrected chi connectivity index (χ2v) is 4.10. The van der Waals surface area contributed by atoms with Crippen LogP contribution in [0.25, 0.3) is 0 Å². The average molecular weight is 202 g/mol. The minimum atomic E-state index is -0.199. The molecule has 0 bridgehead atoms. The smallest absolute Gasteiger partial charge is 0.220 e. The van der Waals surface area contributed by atoms with Gasteiger partial charge in [0.05, 0.1) is 11.0 Å². The van der Waals surface area contributed by atoms with Crippen LogP contribution in [0.3, 0.4) is 0 Å². The van der Waals surface area contributed by atoms with E-state index in [1.807, 2.05) is 0 Å². The molecule has 3 N–H and O–H groups in total. The molecule has 0 aliphatic carbocycles. The summed E-state index contributed by atoms with van der Waals surface area (Å²) in [5, 5.41) is 2.73. The Morgan fingerprint density at radius 3 is 2.38 bits per heavy atom. The molecule has 76 valence electrons. The molecule has 0 radical (unpaired) electrons. The number of carbonyl (C=O) groups excluding carboxylic acids is 1. The van der Waals surface area contributed by atoms with Gasteiger partial charge in [0.2, 0.25) is 5.91 Å². The molecule has 0 heterocycles. The molecule has 4 heteroatoms. The van der Waals surface area contributed by atoms with Crippen molar-refractivity contribution in [2.75, 3.05) is 0 Å². The quantitative estimate of drug-likeness (QED) is 0.659. The Bertz CT molecular complexity index is 192. The first-order valence-corrected chi connectivity index (χ1v) is 4.93. The van der Waals surface area contributed by atoms with E-state index >= 15 is 0 Å². The number of nitrogens with two attached hydrogens (primary N) is 1. The lowest BCUT2D eigenvalue weighted by atomic mass is 10.1. The third-order valence-electron chi connectivity index (χ3n) is 1.75. The van der Waals surface area contributed by atoms with Crippen molar-refractivity contribution in [1.82, 2.24) is 5.32 Å². The first-order valence-electron chi connectivity index (χ1n) is 4.52. The van der Waals surface area contributed by atoms with Gasteiger partial charge in [-0.05, 0) is 19.3 Å². The van der Waals surface area contributed by atoms with Gasteiger partial charge in [0.15, 0.2) is 0 Å². The van der Waals surface area contributed by atoms with Gasteiger partial charge in [-0.15, -0.1) is 0 Å². The molecule has 1 unspecified atom stereocenters. The van der Waals surface area contributed by atoms with Crippen molar-refractivity contribution >= 4 is 23.1 Å². The van der Waals surface area contributed by atoms with Crippen molar-refractivity contribution in [2.45, 2.75) is 39.7 Å². The summed E-state index contributed by atoms with van der Waals surface area (Å²) in [5.41, 5.74) is 5.36. The third-order valence-corrected chi connectivity index (χ3v) is 2.11. The van der Waals surface area contributed by atoms with Crippen LogP contribution in [0.15, 0.2) is 0 Å². The highest BCUT2D eigenvalue weighted by molar-refractivity contribution is 7.80. The van der Waals surface area contributed by atoms with E-state index in [0.29, 0.717) is 17.3 Å². The van der Waals surface area contributed by atoms with E-state index in [1.54, 1.807) is 6.92 Å². The van der Waals surface area contributed by atoms with Crippen molar-refractivity contribution in [2.24, 2.45) is 11.7 Å². The molecule has 0 spiro atoms.